The molecule has 18 heavy (non-hydrogen) atoms. The highest BCUT2D eigenvalue weighted by Crippen LogP contribution is 2.42. The van der Waals surface area contributed by atoms with Crippen LogP contribution in [0.1, 0.15) is 24.3 Å². The minimum atomic E-state index is 0.0494. The van der Waals surface area contributed by atoms with Gasteiger partial charge in [0.25, 0.3) is 0 Å². The van der Waals surface area contributed by atoms with E-state index in [9.17, 15) is 4.79 Å². The van der Waals surface area contributed by atoms with E-state index in [1.165, 1.54) is 12.8 Å². The van der Waals surface area contributed by atoms with E-state index in [0.717, 1.165) is 18.7 Å². The van der Waals surface area contributed by atoms with Crippen LogP contribution in [-0.4, -0.2) is 38.0 Å². The van der Waals surface area contributed by atoms with Crippen LogP contribution in [0.15, 0.2) is 30.3 Å². The zero-order chi connectivity index (χ0) is 13.0. The summed E-state index contributed by atoms with van der Waals surface area (Å²) in [6.07, 6.45) is 2.36. The van der Waals surface area contributed by atoms with Crippen molar-refractivity contribution >= 4 is 5.91 Å². The maximum Gasteiger partial charge on any atom is 0.227 e. The number of carbonyl (C=O) groups excluding carboxylic acids is 1. The molecule has 1 aromatic rings. The van der Waals surface area contributed by atoms with Gasteiger partial charge in [-0.25, -0.2) is 0 Å². The Kier molecular flexibility index (Phi) is 4.37. The molecule has 2 rings (SSSR count). The Morgan fingerprint density at radius 3 is 2.56 bits per heavy atom. The predicted molar refractivity (Wildman–Crippen MR) is 73.5 cm³/mol. The molecule has 0 aromatic heterocycles. The van der Waals surface area contributed by atoms with E-state index in [4.69, 9.17) is 0 Å². The first-order valence-corrected chi connectivity index (χ1v) is 6.66. The molecule has 1 aliphatic carbocycles. The van der Waals surface area contributed by atoms with Gasteiger partial charge in [0.05, 0.1) is 5.92 Å². The summed E-state index contributed by atoms with van der Waals surface area (Å²) in [4.78, 5) is 14.4. The van der Waals surface area contributed by atoms with E-state index in [1.807, 2.05) is 32.3 Å². The summed E-state index contributed by atoms with van der Waals surface area (Å²) in [5.74, 6) is 0.783. The number of likely N-dealkylation sites (N-methyl/N-ethyl adjacent to an activating group) is 1. The summed E-state index contributed by atoms with van der Waals surface area (Å²) in [6, 6.07) is 10.1. The van der Waals surface area contributed by atoms with Gasteiger partial charge in [0.2, 0.25) is 5.91 Å². The van der Waals surface area contributed by atoms with Crippen LogP contribution in [0, 0.1) is 5.92 Å². The van der Waals surface area contributed by atoms with Crippen LogP contribution >= 0.6 is 0 Å². The Hall–Kier alpha value is -1.35. The summed E-state index contributed by atoms with van der Waals surface area (Å²) in [5, 5.41) is 3.05. The Bertz CT molecular complexity index is 385. The number of hydrogen-bond acceptors (Lipinski definition) is 2. The smallest absolute Gasteiger partial charge is 0.227 e. The fourth-order valence-electron chi connectivity index (χ4n) is 2.24. The molecule has 0 heterocycles. The molecule has 1 N–H and O–H groups in total. The number of rotatable bonds is 6. The molecular formula is C15H22N2O. The molecule has 1 aromatic carbocycles. The Morgan fingerprint density at radius 2 is 2.00 bits per heavy atom. The van der Waals surface area contributed by atoms with Crippen molar-refractivity contribution in [1.29, 1.82) is 0 Å². The van der Waals surface area contributed by atoms with Crippen molar-refractivity contribution in [2.75, 3.05) is 27.2 Å². The van der Waals surface area contributed by atoms with Crippen LogP contribution in [0.3, 0.4) is 0 Å². The lowest BCUT2D eigenvalue weighted by molar-refractivity contribution is -0.123. The second kappa shape index (κ2) is 6.01. The topological polar surface area (TPSA) is 32.3 Å². The third kappa shape index (κ3) is 3.57. The molecule has 3 heteroatoms. The number of carbonyl (C=O) groups is 1. The second-order valence-corrected chi connectivity index (χ2v) is 5.32. The van der Waals surface area contributed by atoms with Gasteiger partial charge < -0.3 is 10.2 Å². The number of amides is 1. The fraction of sp³-hybridized carbons (Fsp3) is 0.533. The highest BCUT2D eigenvalue weighted by atomic mass is 16.1. The van der Waals surface area contributed by atoms with Crippen molar-refractivity contribution < 1.29 is 4.79 Å². The first-order valence-electron chi connectivity index (χ1n) is 6.66. The first kappa shape index (κ1) is 13.1. The van der Waals surface area contributed by atoms with Crippen LogP contribution < -0.4 is 5.32 Å². The molecule has 0 saturated heterocycles. The molecule has 1 unspecified atom stereocenters. The summed E-state index contributed by atoms with van der Waals surface area (Å²) in [5.41, 5.74) is 1.15. The zero-order valence-corrected chi connectivity index (χ0v) is 11.2. The summed E-state index contributed by atoms with van der Waals surface area (Å²) in [7, 11) is 4.03. The first-order chi connectivity index (χ1) is 8.68. The van der Waals surface area contributed by atoms with Crippen LogP contribution in [0.25, 0.3) is 0 Å². The van der Waals surface area contributed by atoms with Crippen LogP contribution in [0.5, 0.6) is 0 Å². The molecule has 3 nitrogen and oxygen atoms in total. The lowest BCUT2D eigenvalue weighted by Gasteiger charge is -2.17. The largest absolute Gasteiger partial charge is 0.354 e. The van der Waals surface area contributed by atoms with Crippen molar-refractivity contribution in [2.45, 2.75) is 18.8 Å². The van der Waals surface area contributed by atoms with E-state index in [0.29, 0.717) is 5.92 Å². The molecular weight excluding hydrogens is 224 g/mol. The third-order valence-electron chi connectivity index (χ3n) is 3.39. The Morgan fingerprint density at radius 1 is 1.33 bits per heavy atom. The zero-order valence-electron chi connectivity index (χ0n) is 11.2. The van der Waals surface area contributed by atoms with Crippen molar-refractivity contribution in [3.05, 3.63) is 35.9 Å². The summed E-state index contributed by atoms with van der Waals surface area (Å²) < 4.78 is 0. The number of benzene rings is 1. The van der Waals surface area contributed by atoms with Crippen molar-refractivity contribution in [1.82, 2.24) is 10.2 Å². The summed E-state index contributed by atoms with van der Waals surface area (Å²) >= 11 is 0. The van der Waals surface area contributed by atoms with Crippen molar-refractivity contribution in [2.24, 2.45) is 5.92 Å². The van der Waals surface area contributed by atoms with Gasteiger partial charge in [0, 0.05) is 13.1 Å². The fourth-order valence-corrected chi connectivity index (χ4v) is 2.24. The Balaban J connectivity index is 1.96. The van der Waals surface area contributed by atoms with E-state index in [-0.39, 0.29) is 11.8 Å². The normalized spacial score (nSPS) is 16.6. The molecule has 1 atom stereocenters. The minimum Gasteiger partial charge on any atom is -0.354 e. The average molecular weight is 246 g/mol. The lowest BCUT2D eigenvalue weighted by atomic mass is 9.93. The molecule has 1 amide bonds. The Labute approximate surface area is 109 Å². The van der Waals surface area contributed by atoms with Gasteiger partial charge in [-0.1, -0.05) is 30.3 Å². The highest BCUT2D eigenvalue weighted by molar-refractivity contribution is 5.84. The molecule has 0 bridgehead atoms. The van der Waals surface area contributed by atoms with Gasteiger partial charge in [0.1, 0.15) is 0 Å². The quantitative estimate of drug-likeness (QED) is 0.831. The van der Waals surface area contributed by atoms with Gasteiger partial charge in [0.15, 0.2) is 0 Å². The number of nitrogens with one attached hydrogen (secondary N) is 1. The van der Waals surface area contributed by atoms with Crippen LogP contribution in [0.4, 0.5) is 0 Å². The summed E-state index contributed by atoms with van der Waals surface area (Å²) in [6.45, 7) is 1.61. The predicted octanol–water partition coefficient (Wildman–Crippen LogP) is 1.86. The molecule has 1 saturated carbocycles. The second-order valence-electron chi connectivity index (χ2n) is 5.32. The standard InChI is InChI=1S/C15H22N2O/c1-17(2)11-10-16-15(18)14(13-8-9-13)12-6-4-3-5-7-12/h3-7,13-14H,8-11H2,1-2H3,(H,16,18). The van der Waals surface area contributed by atoms with Gasteiger partial charge in [-0.05, 0) is 38.4 Å². The molecule has 0 radical (unpaired) electrons. The van der Waals surface area contributed by atoms with E-state index >= 15 is 0 Å². The minimum absolute atomic E-state index is 0.0494. The van der Waals surface area contributed by atoms with E-state index in [1.54, 1.807) is 0 Å². The molecule has 0 spiro atoms. The average Bonchev–Trinajstić information content (AvgIpc) is 3.15. The number of nitrogens with zero attached hydrogens (tertiary/aromatic N) is 1. The highest BCUT2D eigenvalue weighted by Gasteiger charge is 2.36. The maximum atomic E-state index is 12.3. The van der Waals surface area contributed by atoms with Crippen molar-refractivity contribution in [3.8, 4) is 0 Å². The molecule has 98 valence electrons. The van der Waals surface area contributed by atoms with Crippen LogP contribution in [0.2, 0.25) is 0 Å². The van der Waals surface area contributed by atoms with Gasteiger partial charge in [-0.2, -0.15) is 0 Å². The van der Waals surface area contributed by atoms with Crippen molar-refractivity contribution in [3.63, 3.8) is 0 Å². The number of hydrogen-bond donors (Lipinski definition) is 1. The van der Waals surface area contributed by atoms with Gasteiger partial charge >= 0.3 is 0 Å². The molecule has 1 fully saturated rings. The maximum absolute atomic E-state index is 12.3. The van der Waals surface area contributed by atoms with Gasteiger partial charge in [-0.3, -0.25) is 4.79 Å². The van der Waals surface area contributed by atoms with E-state index in [2.05, 4.69) is 22.3 Å². The lowest BCUT2D eigenvalue weighted by Crippen LogP contribution is -2.35. The monoisotopic (exact) mass is 246 g/mol. The van der Waals surface area contributed by atoms with Gasteiger partial charge in [-0.15, -0.1) is 0 Å². The third-order valence-corrected chi connectivity index (χ3v) is 3.39. The SMILES string of the molecule is CN(C)CCNC(=O)C(c1ccccc1)C1CC1. The van der Waals surface area contributed by atoms with Crippen LogP contribution in [-0.2, 0) is 4.79 Å². The molecule has 1 aliphatic rings. The van der Waals surface area contributed by atoms with E-state index < -0.39 is 0 Å². The molecule has 0 aliphatic heterocycles.